The van der Waals surface area contributed by atoms with Gasteiger partial charge in [-0.15, -0.1) is 0 Å². The summed E-state index contributed by atoms with van der Waals surface area (Å²) in [7, 11) is 0. The first-order chi connectivity index (χ1) is 7.42. The smallest absolute Gasteiger partial charge is 0.132 e. The molecule has 1 aliphatic rings. The van der Waals surface area contributed by atoms with E-state index in [4.69, 9.17) is 5.11 Å². The molecule has 0 saturated heterocycles. The largest absolute Gasteiger partial charge is 0.395 e. The fourth-order valence-corrected chi connectivity index (χ4v) is 2.02. The molecule has 0 aliphatic heterocycles. The van der Waals surface area contributed by atoms with Gasteiger partial charge in [0, 0.05) is 17.8 Å². The molecule has 4 nitrogen and oxygen atoms in total. The molecule has 2 N–H and O–H groups in total. The van der Waals surface area contributed by atoms with E-state index in [1.54, 1.807) is 6.33 Å². The lowest BCUT2D eigenvalue weighted by Crippen LogP contribution is -2.11. The van der Waals surface area contributed by atoms with Crippen LogP contribution in [-0.4, -0.2) is 28.2 Å². The van der Waals surface area contributed by atoms with Crippen molar-refractivity contribution in [2.24, 2.45) is 0 Å². The summed E-state index contributed by atoms with van der Waals surface area (Å²) in [6.45, 7) is 0.697. The Labute approximate surface area is 89.8 Å². The van der Waals surface area contributed by atoms with Gasteiger partial charge in [0.1, 0.15) is 12.1 Å². The predicted molar refractivity (Wildman–Crippen MR) is 58.9 cm³/mol. The Hall–Kier alpha value is -1.16. The molecule has 1 aliphatic carbocycles. The van der Waals surface area contributed by atoms with Gasteiger partial charge in [0.15, 0.2) is 0 Å². The van der Waals surface area contributed by atoms with Crippen molar-refractivity contribution in [3.05, 3.63) is 17.6 Å². The van der Waals surface area contributed by atoms with Crippen molar-refractivity contribution in [3.63, 3.8) is 0 Å². The van der Waals surface area contributed by atoms with Crippen LogP contribution in [0, 0.1) is 0 Å². The number of fused-ring (bicyclic) bond motifs is 1. The van der Waals surface area contributed by atoms with Gasteiger partial charge in [0.25, 0.3) is 0 Å². The Kier molecular flexibility index (Phi) is 3.50. The van der Waals surface area contributed by atoms with Gasteiger partial charge in [-0.3, -0.25) is 0 Å². The van der Waals surface area contributed by atoms with Crippen LogP contribution < -0.4 is 5.32 Å². The molecule has 0 saturated carbocycles. The topological polar surface area (TPSA) is 58.0 Å². The van der Waals surface area contributed by atoms with Crippen LogP contribution >= 0.6 is 0 Å². The second kappa shape index (κ2) is 5.07. The summed E-state index contributed by atoms with van der Waals surface area (Å²) in [6.07, 6.45) is 7.45. The summed E-state index contributed by atoms with van der Waals surface area (Å²) in [6, 6.07) is 0. The highest BCUT2D eigenvalue weighted by atomic mass is 16.3. The minimum atomic E-state index is 0.138. The van der Waals surface area contributed by atoms with Crippen LogP contribution in [0.1, 0.15) is 30.5 Å². The number of aliphatic hydroxyl groups is 1. The third kappa shape index (κ3) is 2.45. The molecule has 0 radical (unpaired) electrons. The lowest BCUT2D eigenvalue weighted by molar-refractivity contribution is 0.311. The van der Waals surface area contributed by atoms with Crippen LogP contribution in [0.2, 0.25) is 0 Å². The molecule has 1 aromatic rings. The van der Waals surface area contributed by atoms with Crippen molar-refractivity contribution in [1.82, 2.24) is 9.97 Å². The van der Waals surface area contributed by atoms with E-state index < -0.39 is 0 Å². The fraction of sp³-hybridized carbons (Fsp3) is 0.636. The molecule has 1 heterocycles. The molecule has 0 amide bonds. The Morgan fingerprint density at radius 3 is 2.93 bits per heavy atom. The number of aromatic nitrogens is 2. The fourth-order valence-electron chi connectivity index (χ4n) is 2.02. The van der Waals surface area contributed by atoms with Crippen LogP contribution in [0.5, 0.6) is 0 Å². The molecule has 82 valence electrons. The number of aliphatic hydroxyl groups excluding tert-OH is 1. The van der Waals surface area contributed by atoms with Crippen LogP contribution in [0.4, 0.5) is 5.82 Å². The first-order valence-electron chi connectivity index (χ1n) is 5.59. The number of rotatable bonds is 3. The van der Waals surface area contributed by atoms with Crippen LogP contribution in [0.3, 0.4) is 0 Å². The van der Waals surface area contributed by atoms with Gasteiger partial charge in [-0.05, 0) is 25.7 Å². The van der Waals surface area contributed by atoms with Crippen LogP contribution in [0.25, 0.3) is 0 Å². The zero-order chi connectivity index (χ0) is 10.5. The van der Waals surface area contributed by atoms with Gasteiger partial charge in [-0.2, -0.15) is 0 Å². The molecule has 4 heteroatoms. The third-order valence-electron chi connectivity index (χ3n) is 2.78. The van der Waals surface area contributed by atoms with Crippen LogP contribution in [-0.2, 0) is 12.8 Å². The maximum Gasteiger partial charge on any atom is 0.132 e. The summed E-state index contributed by atoms with van der Waals surface area (Å²) >= 11 is 0. The first kappa shape index (κ1) is 10.4. The number of aryl methyl sites for hydroxylation is 1. The van der Waals surface area contributed by atoms with Crippen molar-refractivity contribution in [1.29, 1.82) is 0 Å². The summed E-state index contributed by atoms with van der Waals surface area (Å²) in [4.78, 5) is 8.57. The van der Waals surface area contributed by atoms with Crippen molar-refractivity contribution in [2.75, 3.05) is 18.5 Å². The number of hydrogen-bond acceptors (Lipinski definition) is 4. The maximum atomic E-state index is 8.78. The Morgan fingerprint density at radius 1 is 1.20 bits per heavy atom. The van der Waals surface area contributed by atoms with E-state index in [1.807, 2.05) is 0 Å². The Morgan fingerprint density at radius 2 is 2.07 bits per heavy atom. The number of hydrogen-bond donors (Lipinski definition) is 2. The molecular weight excluding hydrogens is 190 g/mol. The van der Waals surface area contributed by atoms with Crippen molar-refractivity contribution < 1.29 is 5.11 Å². The third-order valence-corrected chi connectivity index (χ3v) is 2.78. The molecule has 0 atom stereocenters. The number of anilines is 1. The molecular formula is C11H17N3O. The molecule has 0 aromatic carbocycles. The molecule has 0 bridgehead atoms. The standard InChI is InChI=1S/C11H17N3O/c15-7-6-12-11-9-4-2-1-3-5-10(9)13-8-14-11/h8,15H,1-7H2,(H,12,13,14). The van der Waals surface area contributed by atoms with E-state index >= 15 is 0 Å². The van der Waals surface area contributed by atoms with E-state index in [-0.39, 0.29) is 6.61 Å². The maximum absolute atomic E-state index is 8.78. The number of nitrogens with zero attached hydrogens (tertiary/aromatic N) is 2. The number of nitrogens with one attached hydrogen (secondary N) is 1. The average molecular weight is 207 g/mol. The minimum absolute atomic E-state index is 0.138. The molecule has 15 heavy (non-hydrogen) atoms. The Bertz CT molecular complexity index is 328. The van der Waals surface area contributed by atoms with E-state index in [0.717, 1.165) is 18.7 Å². The zero-order valence-corrected chi connectivity index (χ0v) is 8.87. The van der Waals surface area contributed by atoms with Gasteiger partial charge in [0.05, 0.1) is 6.61 Å². The van der Waals surface area contributed by atoms with E-state index in [1.165, 1.54) is 30.5 Å². The highest BCUT2D eigenvalue weighted by Crippen LogP contribution is 2.23. The van der Waals surface area contributed by atoms with Crippen molar-refractivity contribution in [3.8, 4) is 0 Å². The van der Waals surface area contributed by atoms with Gasteiger partial charge in [-0.25, -0.2) is 9.97 Å². The highest BCUT2D eigenvalue weighted by Gasteiger charge is 2.13. The van der Waals surface area contributed by atoms with Crippen LogP contribution in [0.15, 0.2) is 6.33 Å². The minimum Gasteiger partial charge on any atom is -0.395 e. The summed E-state index contributed by atoms with van der Waals surface area (Å²) < 4.78 is 0. The summed E-state index contributed by atoms with van der Waals surface area (Å²) in [5.41, 5.74) is 2.44. The molecule has 1 aromatic heterocycles. The molecule has 2 rings (SSSR count). The van der Waals surface area contributed by atoms with Gasteiger partial charge < -0.3 is 10.4 Å². The van der Waals surface area contributed by atoms with Gasteiger partial charge in [-0.1, -0.05) is 6.42 Å². The molecule has 0 fully saturated rings. The monoisotopic (exact) mass is 207 g/mol. The van der Waals surface area contributed by atoms with E-state index in [9.17, 15) is 0 Å². The normalized spacial score (nSPS) is 15.5. The summed E-state index contributed by atoms with van der Waals surface area (Å²) in [5, 5.41) is 11.9. The lowest BCUT2D eigenvalue weighted by atomic mass is 10.1. The predicted octanol–water partition coefficient (Wildman–Crippen LogP) is 1.15. The second-order valence-corrected chi connectivity index (χ2v) is 3.86. The first-order valence-corrected chi connectivity index (χ1v) is 5.59. The van der Waals surface area contributed by atoms with E-state index in [2.05, 4.69) is 15.3 Å². The molecule has 0 unspecified atom stereocenters. The molecule has 0 spiro atoms. The van der Waals surface area contributed by atoms with Crippen molar-refractivity contribution >= 4 is 5.82 Å². The van der Waals surface area contributed by atoms with Crippen molar-refractivity contribution in [2.45, 2.75) is 32.1 Å². The van der Waals surface area contributed by atoms with Gasteiger partial charge in [0.2, 0.25) is 0 Å². The average Bonchev–Trinajstić information content (AvgIpc) is 2.51. The SMILES string of the molecule is OCCNc1ncnc2c1CCCCC2. The second-order valence-electron chi connectivity index (χ2n) is 3.86. The zero-order valence-electron chi connectivity index (χ0n) is 8.87. The summed E-state index contributed by atoms with van der Waals surface area (Å²) in [5.74, 6) is 0.913. The quantitative estimate of drug-likeness (QED) is 0.730. The van der Waals surface area contributed by atoms with E-state index in [0.29, 0.717) is 6.54 Å². The van der Waals surface area contributed by atoms with Gasteiger partial charge >= 0.3 is 0 Å². The highest BCUT2D eigenvalue weighted by molar-refractivity contribution is 5.46. The lowest BCUT2D eigenvalue weighted by Gasteiger charge is -2.11. The Balaban J connectivity index is 2.22.